The van der Waals surface area contributed by atoms with Crippen molar-refractivity contribution in [3.8, 4) is 0 Å². The molecule has 1 N–H and O–H groups in total. The average molecular weight is 113 g/mol. The molecule has 40 valence electrons. The van der Waals surface area contributed by atoms with Crippen LogP contribution in [0.4, 0.5) is 0 Å². The minimum Gasteiger partial charge on any atom is -0.397 e. The van der Waals surface area contributed by atoms with Gasteiger partial charge in [0, 0.05) is 6.61 Å². The molecular formula is C5H13MgO+. The third-order valence-corrected chi connectivity index (χ3v) is 0. The minimum atomic E-state index is 0. The molecule has 0 radical (unpaired) electrons. The first-order chi connectivity index (χ1) is 2.83. The van der Waals surface area contributed by atoms with Gasteiger partial charge in [-0.05, 0) is 6.92 Å². The van der Waals surface area contributed by atoms with Crippen LogP contribution in [-0.2, 0) is 0 Å². The number of rotatable bonds is 0. The van der Waals surface area contributed by atoms with Crippen molar-refractivity contribution in [2.24, 2.45) is 0 Å². The molecule has 1 nitrogen and oxygen atoms in total. The van der Waals surface area contributed by atoms with Crippen LogP contribution in [0.2, 0.25) is 0 Å². The van der Waals surface area contributed by atoms with E-state index in [1.54, 1.807) is 6.92 Å². The van der Waals surface area contributed by atoms with E-state index >= 15 is 0 Å². The third-order valence-electron chi connectivity index (χ3n) is 0. The first kappa shape index (κ1) is 15.6. The van der Waals surface area contributed by atoms with Crippen LogP contribution in [0.25, 0.3) is 0 Å². The Hall–Kier alpha value is 0.726. The molecule has 0 fully saturated rings. The molecule has 0 amide bonds. The molecule has 0 rings (SSSR count). The second-order valence-corrected chi connectivity index (χ2v) is 0.816. The Morgan fingerprint density at radius 1 is 1.43 bits per heavy atom. The van der Waals surface area contributed by atoms with E-state index in [2.05, 4.69) is 6.92 Å². The molecule has 0 bridgehead atoms. The van der Waals surface area contributed by atoms with Crippen LogP contribution in [0.5, 0.6) is 0 Å². The Morgan fingerprint density at radius 2 is 1.43 bits per heavy atom. The van der Waals surface area contributed by atoms with Crippen molar-refractivity contribution < 1.29 is 5.11 Å². The summed E-state index contributed by atoms with van der Waals surface area (Å²) in [5, 5.41) is 7.57. The van der Waals surface area contributed by atoms with Gasteiger partial charge in [0.25, 0.3) is 0 Å². The number of aliphatic hydroxyl groups excluding tert-OH is 1. The standard InChI is InChI=1S/C3H7.C2H6O.Mg/c1-3-2;1-2-3;/h1,3H2,2H3;3H,2H2,1H3;/q-1;;+2. The van der Waals surface area contributed by atoms with Crippen LogP contribution >= 0.6 is 0 Å². The molecule has 0 unspecified atom stereocenters. The van der Waals surface area contributed by atoms with Gasteiger partial charge in [-0.1, -0.05) is 6.92 Å². The molecule has 0 saturated carbocycles. The van der Waals surface area contributed by atoms with Crippen LogP contribution in [0.3, 0.4) is 0 Å². The smallest absolute Gasteiger partial charge is 0.397 e. The van der Waals surface area contributed by atoms with Gasteiger partial charge in [0.2, 0.25) is 0 Å². The van der Waals surface area contributed by atoms with Crippen LogP contribution in [-0.4, -0.2) is 34.8 Å². The molecule has 0 aromatic heterocycles. The molecule has 0 heterocycles. The summed E-state index contributed by atoms with van der Waals surface area (Å²) in [6.07, 6.45) is 1.00. The molecule has 0 saturated heterocycles. The van der Waals surface area contributed by atoms with E-state index in [4.69, 9.17) is 5.11 Å². The van der Waals surface area contributed by atoms with Gasteiger partial charge in [0.15, 0.2) is 0 Å². The molecule has 2 heteroatoms. The van der Waals surface area contributed by atoms with E-state index in [-0.39, 0.29) is 29.7 Å². The Kier molecular flexibility index (Phi) is 66.3. The summed E-state index contributed by atoms with van der Waals surface area (Å²) < 4.78 is 0. The molecule has 0 aliphatic carbocycles. The zero-order valence-electron chi connectivity index (χ0n) is 5.28. The molecule has 0 spiro atoms. The number of aliphatic hydroxyl groups is 1. The topological polar surface area (TPSA) is 20.2 Å². The monoisotopic (exact) mass is 113 g/mol. The normalized spacial score (nSPS) is 5.14. The van der Waals surface area contributed by atoms with Crippen molar-refractivity contribution in [2.45, 2.75) is 20.3 Å². The summed E-state index contributed by atoms with van der Waals surface area (Å²) in [4.78, 5) is 0. The summed E-state index contributed by atoms with van der Waals surface area (Å²) in [6.45, 7) is 7.43. The van der Waals surface area contributed by atoms with Gasteiger partial charge in [0.1, 0.15) is 0 Å². The summed E-state index contributed by atoms with van der Waals surface area (Å²) in [6, 6.07) is 0. The fourth-order valence-corrected chi connectivity index (χ4v) is 0. The maximum absolute atomic E-state index is 7.57. The van der Waals surface area contributed by atoms with Gasteiger partial charge in [-0.3, -0.25) is 0 Å². The summed E-state index contributed by atoms with van der Waals surface area (Å²) >= 11 is 0. The van der Waals surface area contributed by atoms with Gasteiger partial charge >= 0.3 is 23.1 Å². The van der Waals surface area contributed by atoms with E-state index < -0.39 is 0 Å². The van der Waals surface area contributed by atoms with Crippen molar-refractivity contribution in [3.63, 3.8) is 0 Å². The Balaban J connectivity index is -0.0000000400. The van der Waals surface area contributed by atoms with E-state index in [0.29, 0.717) is 0 Å². The van der Waals surface area contributed by atoms with Crippen molar-refractivity contribution in [1.82, 2.24) is 0 Å². The second kappa shape index (κ2) is 29.7. The third kappa shape index (κ3) is 285. The summed E-state index contributed by atoms with van der Waals surface area (Å²) in [5.74, 6) is 0. The predicted molar refractivity (Wildman–Crippen MR) is 34.2 cm³/mol. The fraction of sp³-hybridized carbons (Fsp3) is 0.800. The molecule has 0 atom stereocenters. The van der Waals surface area contributed by atoms with Gasteiger partial charge in [-0.25, -0.2) is 0 Å². The van der Waals surface area contributed by atoms with E-state index in [0.717, 1.165) is 6.42 Å². The molecule has 0 aliphatic rings. The molecule has 0 aliphatic heterocycles. The molecule has 7 heavy (non-hydrogen) atoms. The van der Waals surface area contributed by atoms with Crippen LogP contribution < -0.4 is 0 Å². The second-order valence-electron chi connectivity index (χ2n) is 0.816. The van der Waals surface area contributed by atoms with Crippen molar-refractivity contribution in [1.29, 1.82) is 0 Å². The van der Waals surface area contributed by atoms with Gasteiger partial charge < -0.3 is 12.0 Å². The zero-order valence-corrected chi connectivity index (χ0v) is 6.69. The largest absolute Gasteiger partial charge is 2.00 e. The van der Waals surface area contributed by atoms with E-state index in [1.807, 2.05) is 6.92 Å². The number of hydrogen-bond donors (Lipinski definition) is 1. The molecule has 0 aromatic carbocycles. The van der Waals surface area contributed by atoms with Gasteiger partial charge in [-0.15, -0.1) is 0 Å². The Bertz CT molecular complexity index is 10.0. The Labute approximate surface area is 62.3 Å². The van der Waals surface area contributed by atoms with Crippen molar-refractivity contribution >= 4 is 23.1 Å². The molecular weight excluding hydrogens is 100 g/mol. The SMILES string of the molecule is CCO.[CH2-]CC.[Mg+2]. The summed E-state index contributed by atoms with van der Waals surface area (Å²) in [5.41, 5.74) is 0. The van der Waals surface area contributed by atoms with E-state index in [9.17, 15) is 0 Å². The van der Waals surface area contributed by atoms with Crippen LogP contribution in [0.15, 0.2) is 0 Å². The minimum absolute atomic E-state index is 0. The Morgan fingerprint density at radius 3 is 1.43 bits per heavy atom. The number of hydrogen-bond acceptors (Lipinski definition) is 1. The zero-order chi connectivity index (χ0) is 5.41. The first-order valence-corrected chi connectivity index (χ1v) is 2.23. The van der Waals surface area contributed by atoms with Crippen molar-refractivity contribution in [2.75, 3.05) is 6.61 Å². The van der Waals surface area contributed by atoms with E-state index in [1.165, 1.54) is 0 Å². The first-order valence-electron chi connectivity index (χ1n) is 2.23. The van der Waals surface area contributed by atoms with Crippen LogP contribution in [0.1, 0.15) is 20.3 Å². The quantitative estimate of drug-likeness (QED) is 0.365. The predicted octanol–water partition coefficient (Wildman–Crippen LogP) is 0.848. The summed E-state index contributed by atoms with van der Waals surface area (Å²) in [7, 11) is 0. The van der Waals surface area contributed by atoms with Crippen LogP contribution in [0, 0.1) is 6.92 Å². The van der Waals surface area contributed by atoms with Crippen molar-refractivity contribution in [3.05, 3.63) is 6.92 Å². The molecule has 0 aromatic rings. The maximum Gasteiger partial charge on any atom is 2.00 e. The average Bonchev–Trinajstić information content (AvgIpc) is 1.39. The van der Waals surface area contributed by atoms with Gasteiger partial charge in [0.05, 0.1) is 0 Å². The maximum atomic E-state index is 7.57. The van der Waals surface area contributed by atoms with Gasteiger partial charge in [-0.2, -0.15) is 6.42 Å². The fourth-order valence-electron chi connectivity index (χ4n) is 0.